The lowest BCUT2D eigenvalue weighted by Gasteiger charge is -2.23. The third-order valence-corrected chi connectivity index (χ3v) is 1.31. The minimum absolute atomic E-state index is 0. The van der Waals surface area contributed by atoms with Crippen molar-refractivity contribution in [3.8, 4) is 0 Å². The van der Waals surface area contributed by atoms with Crippen LogP contribution in [0.15, 0.2) is 0 Å². The molecule has 0 aliphatic heterocycles. The van der Waals surface area contributed by atoms with Crippen LogP contribution in [0.1, 0.15) is 23.4 Å². The maximum Gasteiger partial charge on any atom is 0.0391 e. The Morgan fingerprint density at radius 1 is 1.71 bits per heavy atom. The van der Waals surface area contributed by atoms with Crippen LogP contribution >= 0.6 is 12.4 Å². The van der Waals surface area contributed by atoms with Gasteiger partial charge in [-0.3, -0.25) is 0 Å². The minimum Gasteiger partial charge on any atom is -0.317 e. The zero-order valence-corrected chi connectivity index (χ0v) is 4.92. The first-order valence-corrected chi connectivity index (χ1v) is 2.36. The summed E-state index contributed by atoms with van der Waals surface area (Å²) in [6.45, 7) is -1.93. The van der Waals surface area contributed by atoms with Crippen LogP contribution in [0.25, 0.3) is 0 Å². The predicted molar refractivity (Wildman–Crippen MR) is 33.9 cm³/mol. The smallest absolute Gasteiger partial charge is 0.0391 e. The van der Waals surface area contributed by atoms with Gasteiger partial charge < -0.3 is 5.32 Å². The number of halogens is 1. The van der Waals surface area contributed by atoms with E-state index in [0.29, 0.717) is 0 Å². The van der Waals surface area contributed by atoms with Crippen LogP contribution < -0.4 is 5.32 Å². The van der Waals surface area contributed by atoms with Gasteiger partial charge in [0.15, 0.2) is 0 Å². The first kappa shape index (κ1) is 3.31. The third kappa shape index (κ3) is 1.66. The standard InChI is InChI=1S/C5H11N.ClH/c1-6-5-3-2-4-5;/h5-6H,2-4H2,1H3;1H/i1D3;. The normalized spacial score (nSPS) is 28.3. The Balaban J connectivity index is 0.000000810. The molecule has 1 fully saturated rings. The molecule has 0 heterocycles. The summed E-state index contributed by atoms with van der Waals surface area (Å²) in [6, 6.07) is 0.262. The van der Waals surface area contributed by atoms with Crippen molar-refractivity contribution >= 4 is 12.4 Å². The lowest BCUT2D eigenvalue weighted by atomic mass is 9.94. The Labute approximate surface area is 55.1 Å². The molecular formula is C5H12ClN. The van der Waals surface area contributed by atoms with Gasteiger partial charge in [0.05, 0.1) is 0 Å². The van der Waals surface area contributed by atoms with Gasteiger partial charge in [0.2, 0.25) is 0 Å². The zero-order chi connectivity index (χ0) is 6.91. The molecule has 0 aromatic rings. The van der Waals surface area contributed by atoms with Crippen LogP contribution in [-0.4, -0.2) is 13.0 Å². The second-order valence-electron chi connectivity index (χ2n) is 1.77. The molecule has 0 unspecified atom stereocenters. The summed E-state index contributed by atoms with van der Waals surface area (Å²) in [5, 5.41) is 2.56. The van der Waals surface area contributed by atoms with E-state index in [9.17, 15) is 0 Å². The monoisotopic (exact) mass is 124 g/mol. The summed E-state index contributed by atoms with van der Waals surface area (Å²) in [4.78, 5) is 0. The van der Waals surface area contributed by atoms with Gasteiger partial charge in [0.1, 0.15) is 0 Å². The van der Waals surface area contributed by atoms with Crippen LogP contribution in [0.3, 0.4) is 0 Å². The Kier molecular flexibility index (Phi) is 1.55. The average molecular weight is 125 g/mol. The van der Waals surface area contributed by atoms with Crippen LogP contribution in [0.4, 0.5) is 0 Å². The van der Waals surface area contributed by atoms with Crippen molar-refractivity contribution in [3.63, 3.8) is 0 Å². The second-order valence-corrected chi connectivity index (χ2v) is 1.77. The molecule has 7 heavy (non-hydrogen) atoms. The Hall–Kier alpha value is 0.250. The first-order chi connectivity index (χ1) is 4.08. The van der Waals surface area contributed by atoms with Gasteiger partial charge in [0.25, 0.3) is 0 Å². The van der Waals surface area contributed by atoms with E-state index in [1.807, 2.05) is 0 Å². The van der Waals surface area contributed by atoms with E-state index in [0.717, 1.165) is 12.8 Å². The van der Waals surface area contributed by atoms with E-state index in [-0.39, 0.29) is 18.4 Å². The highest BCUT2D eigenvalue weighted by Gasteiger charge is 2.13. The highest BCUT2D eigenvalue weighted by atomic mass is 35.5. The Morgan fingerprint density at radius 3 is 2.57 bits per heavy atom. The molecule has 1 aliphatic carbocycles. The van der Waals surface area contributed by atoms with Crippen molar-refractivity contribution in [2.24, 2.45) is 0 Å². The molecule has 1 saturated carbocycles. The maximum absolute atomic E-state index is 6.82. The van der Waals surface area contributed by atoms with Crippen LogP contribution in [0, 0.1) is 0 Å². The van der Waals surface area contributed by atoms with Crippen LogP contribution in [0.2, 0.25) is 0 Å². The van der Waals surface area contributed by atoms with Crippen molar-refractivity contribution in [2.45, 2.75) is 25.3 Å². The molecule has 2 heteroatoms. The molecule has 0 aromatic carbocycles. The topological polar surface area (TPSA) is 12.0 Å². The van der Waals surface area contributed by atoms with Crippen molar-refractivity contribution < 1.29 is 4.11 Å². The molecule has 1 N–H and O–H groups in total. The molecule has 44 valence electrons. The van der Waals surface area contributed by atoms with Gasteiger partial charge in [-0.15, -0.1) is 12.4 Å². The summed E-state index contributed by atoms with van der Waals surface area (Å²) in [5.74, 6) is 0. The summed E-state index contributed by atoms with van der Waals surface area (Å²) in [5.41, 5.74) is 0. The molecule has 0 atom stereocenters. The van der Waals surface area contributed by atoms with E-state index in [1.165, 1.54) is 6.42 Å². The molecular weight excluding hydrogens is 110 g/mol. The van der Waals surface area contributed by atoms with Crippen molar-refractivity contribution in [3.05, 3.63) is 0 Å². The highest BCUT2D eigenvalue weighted by Crippen LogP contribution is 2.16. The SMILES string of the molecule is Cl.[2H]C([2H])([2H])NC1CCC1. The summed E-state index contributed by atoms with van der Waals surface area (Å²) < 4.78 is 20.5. The van der Waals surface area contributed by atoms with E-state index in [4.69, 9.17) is 4.11 Å². The molecule has 0 aromatic heterocycles. The number of hydrogen-bond donors (Lipinski definition) is 1. The predicted octanol–water partition coefficient (Wildman–Crippen LogP) is 1.18. The van der Waals surface area contributed by atoms with Gasteiger partial charge in [-0.25, -0.2) is 0 Å². The number of nitrogens with one attached hydrogen (secondary N) is 1. The molecule has 0 spiro atoms. The minimum atomic E-state index is -1.93. The van der Waals surface area contributed by atoms with E-state index < -0.39 is 6.98 Å². The lowest BCUT2D eigenvalue weighted by molar-refractivity contribution is 0.361. The van der Waals surface area contributed by atoms with Gasteiger partial charge >= 0.3 is 0 Å². The fraction of sp³-hybridized carbons (Fsp3) is 1.00. The summed E-state index contributed by atoms with van der Waals surface area (Å²) >= 11 is 0. The van der Waals surface area contributed by atoms with Crippen molar-refractivity contribution in [1.29, 1.82) is 0 Å². The Bertz CT molecular complexity index is 99.6. The molecule has 0 radical (unpaired) electrons. The van der Waals surface area contributed by atoms with E-state index in [2.05, 4.69) is 5.32 Å². The molecule has 1 nitrogen and oxygen atoms in total. The second kappa shape index (κ2) is 3.28. The van der Waals surface area contributed by atoms with Crippen LogP contribution in [-0.2, 0) is 0 Å². The van der Waals surface area contributed by atoms with Crippen molar-refractivity contribution in [2.75, 3.05) is 6.98 Å². The summed E-state index contributed by atoms with van der Waals surface area (Å²) in [7, 11) is 0. The van der Waals surface area contributed by atoms with Gasteiger partial charge in [-0.05, 0) is 19.8 Å². The zero-order valence-electron chi connectivity index (χ0n) is 7.11. The summed E-state index contributed by atoms with van der Waals surface area (Å²) in [6.07, 6.45) is 3.23. The number of rotatable bonds is 1. The molecule has 1 rings (SSSR count). The molecule has 0 amide bonds. The largest absolute Gasteiger partial charge is 0.317 e. The first-order valence-electron chi connectivity index (χ1n) is 3.86. The molecule has 0 bridgehead atoms. The fourth-order valence-corrected chi connectivity index (χ4v) is 0.553. The molecule has 1 aliphatic rings. The van der Waals surface area contributed by atoms with Gasteiger partial charge in [0, 0.05) is 10.2 Å². The lowest BCUT2D eigenvalue weighted by Crippen LogP contribution is -2.31. The number of hydrogen-bond acceptors (Lipinski definition) is 1. The van der Waals surface area contributed by atoms with Crippen molar-refractivity contribution in [1.82, 2.24) is 5.32 Å². The highest BCUT2D eigenvalue weighted by molar-refractivity contribution is 5.85. The quantitative estimate of drug-likeness (QED) is 0.554. The average Bonchev–Trinajstić information content (AvgIpc) is 1.53. The molecule has 0 saturated heterocycles. The van der Waals surface area contributed by atoms with E-state index in [1.54, 1.807) is 0 Å². The van der Waals surface area contributed by atoms with Gasteiger partial charge in [-0.1, -0.05) is 6.42 Å². The Morgan fingerprint density at radius 2 is 2.43 bits per heavy atom. The fourth-order valence-electron chi connectivity index (χ4n) is 0.553. The van der Waals surface area contributed by atoms with Gasteiger partial charge in [-0.2, -0.15) is 0 Å². The maximum atomic E-state index is 6.82. The van der Waals surface area contributed by atoms with E-state index >= 15 is 0 Å². The van der Waals surface area contributed by atoms with Crippen LogP contribution in [0.5, 0.6) is 0 Å². The third-order valence-electron chi connectivity index (χ3n) is 1.31.